The van der Waals surface area contributed by atoms with Gasteiger partial charge in [-0.25, -0.2) is 4.99 Å². The molecule has 218 valence electrons. The summed E-state index contributed by atoms with van der Waals surface area (Å²) in [6.07, 6.45) is 1.77. The summed E-state index contributed by atoms with van der Waals surface area (Å²) in [6.45, 7) is 12.7. The van der Waals surface area contributed by atoms with Gasteiger partial charge in [0.25, 0.3) is 5.91 Å². The van der Waals surface area contributed by atoms with E-state index in [1.54, 1.807) is 25.3 Å². The van der Waals surface area contributed by atoms with Crippen LogP contribution in [0.5, 0.6) is 11.5 Å². The molecule has 2 unspecified atom stereocenters. The van der Waals surface area contributed by atoms with Gasteiger partial charge in [0.2, 0.25) is 5.91 Å². The van der Waals surface area contributed by atoms with E-state index in [-0.39, 0.29) is 24.3 Å². The Balaban J connectivity index is 0.00000216. The van der Waals surface area contributed by atoms with Crippen LogP contribution in [-0.4, -0.2) is 54.1 Å². The van der Waals surface area contributed by atoms with Crippen LogP contribution in [0.2, 0.25) is 0 Å². The summed E-state index contributed by atoms with van der Waals surface area (Å²) in [5.74, 6) is 1.14. The van der Waals surface area contributed by atoms with Gasteiger partial charge in [-0.1, -0.05) is 45.9 Å². The van der Waals surface area contributed by atoms with Crippen LogP contribution >= 0.6 is 0 Å². The Labute approximate surface area is 238 Å². The molecule has 4 rings (SSSR count). The van der Waals surface area contributed by atoms with Gasteiger partial charge in [-0.3, -0.25) is 14.5 Å². The number of rotatable bonds is 10. The average molecular weight is 553 g/mol. The first-order valence-corrected chi connectivity index (χ1v) is 14.2. The SMILES string of the molecule is CC.CCOc1ccc(C(=O)NC2c3ccccc3OC2(C)COC)cc1CN1C(=O)CC(CC)(CC)N=C1N. The van der Waals surface area contributed by atoms with Crippen LogP contribution in [-0.2, 0) is 16.1 Å². The van der Waals surface area contributed by atoms with E-state index in [0.29, 0.717) is 36.5 Å². The molecule has 0 spiro atoms. The molecule has 2 aliphatic heterocycles. The molecule has 2 aromatic carbocycles. The van der Waals surface area contributed by atoms with Crippen molar-refractivity contribution in [2.45, 2.75) is 84.5 Å². The van der Waals surface area contributed by atoms with Crippen LogP contribution < -0.4 is 20.5 Å². The van der Waals surface area contributed by atoms with Crippen molar-refractivity contribution in [3.05, 3.63) is 59.2 Å². The lowest BCUT2D eigenvalue weighted by molar-refractivity contribution is -0.130. The van der Waals surface area contributed by atoms with Gasteiger partial charge < -0.3 is 25.3 Å². The predicted molar refractivity (Wildman–Crippen MR) is 157 cm³/mol. The number of guanidine groups is 1. The van der Waals surface area contributed by atoms with Crippen molar-refractivity contribution < 1.29 is 23.8 Å². The minimum atomic E-state index is -0.765. The third kappa shape index (κ3) is 6.25. The zero-order valence-corrected chi connectivity index (χ0v) is 24.9. The van der Waals surface area contributed by atoms with E-state index in [9.17, 15) is 9.59 Å². The zero-order chi connectivity index (χ0) is 29.5. The maximum Gasteiger partial charge on any atom is 0.251 e. The van der Waals surface area contributed by atoms with Gasteiger partial charge in [0.1, 0.15) is 11.5 Å². The van der Waals surface area contributed by atoms with Crippen LogP contribution in [0.15, 0.2) is 47.5 Å². The summed E-state index contributed by atoms with van der Waals surface area (Å²) < 4.78 is 17.4. The zero-order valence-electron chi connectivity index (χ0n) is 24.9. The minimum absolute atomic E-state index is 0.0893. The Hall–Kier alpha value is -3.59. The maximum atomic E-state index is 13.5. The first-order chi connectivity index (χ1) is 19.2. The highest BCUT2D eigenvalue weighted by Gasteiger charge is 2.46. The molecule has 9 heteroatoms. The molecular weight excluding hydrogens is 508 g/mol. The lowest BCUT2D eigenvalue weighted by Crippen LogP contribution is -2.50. The highest BCUT2D eigenvalue weighted by Crippen LogP contribution is 2.43. The number of methoxy groups -OCH3 is 1. The molecule has 2 amide bonds. The fourth-order valence-corrected chi connectivity index (χ4v) is 5.28. The molecule has 2 aliphatic rings. The lowest BCUT2D eigenvalue weighted by Gasteiger charge is -2.36. The smallest absolute Gasteiger partial charge is 0.251 e. The van der Waals surface area contributed by atoms with Crippen LogP contribution in [0.25, 0.3) is 0 Å². The number of aliphatic imine (C=N–C) groups is 1. The van der Waals surface area contributed by atoms with Gasteiger partial charge in [0.15, 0.2) is 11.6 Å². The predicted octanol–water partition coefficient (Wildman–Crippen LogP) is 4.99. The third-order valence-corrected chi connectivity index (χ3v) is 7.57. The van der Waals surface area contributed by atoms with Crippen molar-refractivity contribution in [1.29, 1.82) is 0 Å². The Morgan fingerprint density at radius 1 is 1.18 bits per heavy atom. The molecule has 0 radical (unpaired) electrons. The Kier molecular flexibility index (Phi) is 10.2. The standard InChI is InChI=1S/C29H38N4O5.C2H6/c1-6-29(7-2)16-24(34)33(27(30)32-29)17-20-15-19(13-14-22(20)37-8-3)26(35)31-25-21-11-9-10-12-23(21)38-28(25,4)18-36-5;1-2/h9-15,25H,6-8,16-18H2,1-5H3,(H2,30,32)(H,31,35);1-2H3. The van der Waals surface area contributed by atoms with Gasteiger partial charge in [0, 0.05) is 23.8 Å². The highest BCUT2D eigenvalue weighted by molar-refractivity contribution is 5.99. The van der Waals surface area contributed by atoms with E-state index in [0.717, 1.165) is 24.2 Å². The Morgan fingerprint density at radius 3 is 2.50 bits per heavy atom. The van der Waals surface area contributed by atoms with E-state index < -0.39 is 17.2 Å². The van der Waals surface area contributed by atoms with E-state index in [4.69, 9.17) is 19.9 Å². The number of nitrogens with one attached hydrogen (secondary N) is 1. The molecule has 2 heterocycles. The number of benzene rings is 2. The minimum Gasteiger partial charge on any atom is -0.494 e. The summed E-state index contributed by atoms with van der Waals surface area (Å²) >= 11 is 0. The molecule has 40 heavy (non-hydrogen) atoms. The number of ether oxygens (including phenoxy) is 3. The quantitative estimate of drug-likeness (QED) is 0.429. The number of para-hydroxylation sites is 1. The number of carbonyl (C=O) groups excluding carboxylic acids is 2. The van der Waals surface area contributed by atoms with Crippen molar-refractivity contribution in [2.75, 3.05) is 20.3 Å². The first-order valence-electron chi connectivity index (χ1n) is 14.2. The molecule has 3 N–H and O–H groups in total. The molecule has 0 saturated heterocycles. The monoisotopic (exact) mass is 552 g/mol. The number of amides is 2. The summed E-state index contributed by atoms with van der Waals surface area (Å²) in [6, 6.07) is 12.5. The summed E-state index contributed by atoms with van der Waals surface area (Å²) in [5.41, 5.74) is 7.06. The van der Waals surface area contributed by atoms with Crippen molar-refractivity contribution in [3.8, 4) is 11.5 Å². The van der Waals surface area contributed by atoms with Gasteiger partial charge in [-0.2, -0.15) is 0 Å². The van der Waals surface area contributed by atoms with Gasteiger partial charge in [0.05, 0.1) is 37.8 Å². The molecule has 0 bridgehead atoms. The lowest BCUT2D eigenvalue weighted by atomic mass is 9.88. The van der Waals surface area contributed by atoms with E-state index in [1.807, 2.05) is 65.8 Å². The second kappa shape index (κ2) is 13.2. The van der Waals surface area contributed by atoms with Crippen molar-refractivity contribution in [3.63, 3.8) is 0 Å². The number of nitrogens with zero attached hydrogens (tertiary/aromatic N) is 2. The molecule has 0 saturated carbocycles. The largest absolute Gasteiger partial charge is 0.494 e. The fraction of sp³-hybridized carbons (Fsp3) is 0.516. The Morgan fingerprint density at radius 2 is 1.88 bits per heavy atom. The third-order valence-electron chi connectivity index (χ3n) is 7.57. The number of nitrogens with two attached hydrogens (primary N) is 1. The van der Waals surface area contributed by atoms with Crippen molar-refractivity contribution in [1.82, 2.24) is 10.2 Å². The molecule has 0 aliphatic carbocycles. The van der Waals surface area contributed by atoms with Gasteiger partial charge in [-0.05, 0) is 51.0 Å². The first kappa shape index (κ1) is 30.9. The average Bonchev–Trinajstić information content (AvgIpc) is 3.23. The van der Waals surface area contributed by atoms with Gasteiger partial charge in [-0.15, -0.1) is 0 Å². The number of fused-ring (bicyclic) bond motifs is 1. The van der Waals surface area contributed by atoms with E-state index in [2.05, 4.69) is 10.3 Å². The van der Waals surface area contributed by atoms with Gasteiger partial charge >= 0.3 is 0 Å². The highest BCUT2D eigenvalue weighted by atomic mass is 16.5. The summed E-state index contributed by atoms with van der Waals surface area (Å²) in [4.78, 5) is 32.8. The summed E-state index contributed by atoms with van der Waals surface area (Å²) in [5, 5.41) is 3.14. The van der Waals surface area contributed by atoms with Crippen LogP contribution in [0.1, 0.15) is 88.3 Å². The Bertz CT molecular complexity index is 1230. The maximum absolute atomic E-state index is 13.5. The number of carbonyl (C=O) groups is 2. The van der Waals surface area contributed by atoms with E-state index >= 15 is 0 Å². The van der Waals surface area contributed by atoms with Crippen LogP contribution in [0, 0.1) is 0 Å². The second-order valence-corrected chi connectivity index (χ2v) is 10.1. The van der Waals surface area contributed by atoms with Crippen molar-refractivity contribution in [2.24, 2.45) is 10.7 Å². The molecule has 0 aromatic heterocycles. The molecule has 9 nitrogen and oxygen atoms in total. The number of hydrogen-bond donors (Lipinski definition) is 2. The van der Waals surface area contributed by atoms with Crippen LogP contribution in [0.3, 0.4) is 0 Å². The number of hydrogen-bond acceptors (Lipinski definition) is 7. The fourth-order valence-electron chi connectivity index (χ4n) is 5.28. The second-order valence-electron chi connectivity index (χ2n) is 10.1. The van der Waals surface area contributed by atoms with Crippen molar-refractivity contribution >= 4 is 17.8 Å². The van der Waals surface area contributed by atoms with E-state index in [1.165, 1.54) is 4.90 Å². The summed E-state index contributed by atoms with van der Waals surface area (Å²) in [7, 11) is 1.61. The molecular formula is C31H44N4O5. The molecule has 0 fully saturated rings. The topological polar surface area (TPSA) is 115 Å². The van der Waals surface area contributed by atoms with Crippen LogP contribution in [0.4, 0.5) is 0 Å². The molecule has 2 aromatic rings. The normalized spacial score (nSPS) is 21.0. The molecule has 2 atom stereocenters.